The first-order valence-electron chi connectivity index (χ1n) is 7.84. The van der Waals surface area contributed by atoms with Crippen LogP contribution in [0.2, 0.25) is 5.04 Å². The summed E-state index contributed by atoms with van der Waals surface area (Å²) in [6.07, 6.45) is 3.07. The van der Waals surface area contributed by atoms with Crippen molar-refractivity contribution in [2.75, 3.05) is 21.3 Å². The minimum Gasteiger partial charge on any atom is -0.376 e. The van der Waals surface area contributed by atoms with Gasteiger partial charge in [-0.3, -0.25) is 0 Å². The molecule has 1 aromatic carbocycles. The van der Waals surface area contributed by atoms with Crippen molar-refractivity contribution in [3.8, 4) is 0 Å². The van der Waals surface area contributed by atoms with Crippen molar-refractivity contribution in [3.63, 3.8) is 0 Å². The number of benzene rings is 1. The van der Waals surface area contributed by atoms with E-state index in [1.165, 1.54) is 5.56 Å². The van der Waals surface area contributed by atoms with Crippen molar-refractivity contribution < 1.29 is 13.3 Å². The van der Waals surface area contributed by atoms with Gasteiger partial charge in [-0.1, -0.05) is 36.4 Å². The smallest absolute Gasteiger partial charge is 0.376 e. The van der Waals surface area contributed by atoms with Gasteiger partial charge in [-0.15, -0.1) is 6.58 Å². The van der Waals surface area contributed by atoms with Crippen LogP contribution in [0.5, 0.6) is 0 Å². The predicted octanol–water partition coefficient (Wildman–Crippen LogP) is 2.23. The Labute approximate surface area is 140 Å². The average molecular weight is 337 g/mol. The molecule has 0 aromatic heterocycles. The minimum atomic E-state index is -2.88. The molecule has 5 nitrogen and oxygen atoms in total. The summed E-state index contributed by atoms with van der Waals surface area (Å²) < 4.78 is 17.3. The maximum absolute atomic E-state index is 5.93. The minimum absolute atomic E-state index is 0.197. The van der Waals surface area contributed by atoms with Crippen LogP contribution >= 0.6 is 0 Å². The van der Waals surface area contributed by atoms with Gasteiger partial charge in [-0.2, -0.15) is 0 Å². The molecule has 3 unspecified atom stereocenters. The zero-order valence-electron chi connectivity index (χ0n) is 14.2. The first-order chi connectivity index (χ1) is 11.0. The highest BCUT2D eigenvalue weighted by atomic mass is 28.4. The van der Waals surface area contributed by atoms with Gasteiger partial charge in [0, 0.05) is 32.3 Å². The van der Waals surface area contributed by atoms with E-state index in [-0.39, 0.29) is 11.0 Å². The molecule has 2 rings (SSSR count). The molecule has 3 atom stereocenters. The van der Waals surface area contributed by atoms with Crippen LogP contribution in [0.4, 0.5) is 0 Å². The molecular formula is C17H28N2O3Si. The molecule has 1 aromatic rings. The summed E-state index contributed by atoms with van der Waals surface area (Å²) in [5.41, 5.74) is 13.1. The van der Waals surface area contributed by atoms with E-state index in [0.717, 1.165) is 6.42 Å². The standard InChI is InChI=1S/C17H28N2O3Si/c1-5-14(13-9-7-6-8-10-13)15-11-17(15,12-16(18)19)23(20-2,21-3)22-4/h5-10,14-16H,1,11-12,18-19H2,2-4H3. The second kappa shape index (κ2) is 7.25. The number of allylic oxidation sites excluding steroid dienone is 1. The fourth-order valence-corrected chi connectivity index (χ4v) is 7.31. The quantitative estimate of drug-likeness (QED) is 0.411. The van der Waals surface area contributed by atoms with Gasteiger partial charge in [-0.25, -0.2) is 0 Å². The van der Waals surface area contributed by atoms with Gasteiger partial charge in [-0.05, 0) is 24.3 Å². The van der Waals surface area contributed by atoms with Crippen LogP contribution in [0.1, 0.15) is 24.3 Å². The molecule has 23 heavy (non-hydrogen) atoms. The van der Waals surface area contributed by atoms with Crippen molar-refractivity contribution in [2.45, 2.75) is 30.0 Å². The molecule has 1 aliphatic rings. The van der Waals surface area contributed by atoms with Crippen molar-refractivity contribution in [1.82, 2.24) is 0 Å². The van der Waals surface area contributed by atoms with Crippen LogP contribution in [-0.4, -0.2) is 36.3 Å². The van der Waals surface area contributed by atoms with Crippen LogP contribution in [0.25, 0.3) is 0 Å². The Morgan fingerprint density at radius 2 is 1.78 bits per heavy atom. The van der Waals surface area contributed by atoms with E-state index < -0.39 is 15.0 Å². The molecule has 1 fully saturated rings. The van der Waals surface area contributed by atoms with Crippen LogP contribution in [0.3, 0.4) is 0 Å². The molecule has 0 aliphatic heterocycles. The number of hydrogen-bond donors (Lipinski definition) is 2. The Balaban J connectivity index is 2.38. The highest BCUT2D eigenvalue weighted by molar-refractivity contribution is 6.65. The van der Waals surface area contributed by atoms with E-state index in [1.54, 1.807) is 21.3 Å². The second-order valence-electron chi connectivity index (χ2n) is 6.18. The predicted molar refractivity (Wildman–Crippen MR) is 93.7 cm³/mol. The van der Waals surface area contributed by atoms with Crippen LogP contribution in [0.15, 0.2) is 43.0 Å². The second-order valence-corrected chi connectivity index (χ2v) is 9.51. The van der Waals surface area contributed by atoms with E-state index in [9.17, 15) is 0 Å². The topological polar surface area (TPSA) is 79.7 Å². The lowest BCUT2D eigenvalue weighted by atomic mass is 9.92. The SMILES string of the molecule is C=CC(c1ccccc1)C1CC1(CC(N)N)[Si](OC)(OC)OC. The molecular weight excluding hydrogens is 308 g/mol. The highest BCUT2D eigenvalue weighted by Gasteiger charge is 2.74. The fraction of sp³-hybridized carbons (Fsp3) is 0.529. The summed E-state index contributed by atoms with van der Waals surface area (Å²) in [7, 11) is 2.05. The summed E-state index contributed by atoms with van der Waals surface area (Å²) in [6.45, 7) is 4.03. The summed E-state index contributed by atoms with van der Waals surface area (Å²) in [6, 6.07) is 10.3. The largest absolute Gasteiger partial charge is 0.507 e. The van der Waals surface area contributed by atoms with E-state index in [0.29, 0.717) is 12.3 Å². The van der Waals surface area contributed by atoms with Crippen LogP contribution in [0, 0.1) is 5.92 Å². The van der Waals surface area contributed by atoms with Gasteiger partial charge in [0.15, 0.2) is 0 Å². The molecule has 1 aliphatic carbocycles. The summed E-state index contributed by atoms with van der Waals surface area (Å²) in [5.74, 6) is 0.491. The third kappa shape index (κ3) is 3.15. The molecule has 0 radical (unpaired) electrons. The number of nitrogens with two attached hydrogens (primary N) is 2. The third-order valence-electron chi connectivity index (χ3n) is 5.02. The monoisotopic (exact) mass is 336 g/mol. The van der Waals surface area contributed by atoms with Gasteiger partial charge in [0.1, 0.15) is 0 Å². The van der Waals surface area contributed by atoms with E-state index in [4.69, 9.17) is 24.7 Å². The Hall–Kier alpha value is -1.02. The average Bonchev–Trinajstić information content (AvgIpc) is 3.25. The van der Waals surface area contributed by atoms with E-state index >= 15 is 0 Å². The van der Waals surface area contributed by atoms with Crippen molar-refractivity contribution >= 4 is 8.80 Å². The highest BCUT2D eigenvalue weighted by Crippen LogP contribution is 2.72. The molecule has 0 heterocycles. The summed E-state index contributed by atoms with van der Waals surface area (Å²) in [5, 5.41) is -0.270. The zero-order valence-corrected chi connectivity index (χ0v) is 15.2. The molecule has 0 saturated heterocycles. The third-order valence-corrected chi connectivity index (χ3v) is 8.63. The van der Waals surface area contributed by atoms with Crippen molar-refractivity contribution in [2.24, 2.45) is 17.4 Å². The Bertz CT molecular complexity index is 514. The molecule has 4 N–H and O–H groups in total. The van der Waals surface area contributed by atoms with Gasteiger partial charge < -0.3 is 24.7 Å². The molecule has 0 bridgehead atoms. The van der Waals surface area contributed by atoms with E-state index in [2.05, 4.69) is 18.7 Å². The van der Waals surface area contributed by atoms with Gasteiger partial charge >= 0.3 is 8.80 Å². The summed E-state index contributed by atoms with van der Waals surface area (Å²) in [4.78, 5) is 0. The molecule has 6 heteroatoms. The van der Waals surface area contributed by atoms with Crippen LogP contribution < -0.4 is 11.5 Å². The van der Waals surface area contributed by atoms with Gasteiger partial charge in [0.25, 0.3) is 0 Å². The van der Waals surface area contributed by atoms with Crippen LogP contribution in [-0.2, 0) is 13.3 Å². The normalized spacial score (nSPS) is 25.4. The lowest BCUT2D eigenvalue weighted by molar-refractivity contribution is 0.101. The van der Waals surface area contributed by atoms with Crippen molar-refractivity contribution in [1.29, 1.82) is 0 Å². The number of rotatable bonds is 9. The first-order valence-corrected chi connectivity index (χ1v) is 9.57. The number of hydrogen-bond acceptors (Lipinski definition) is 5. The van der Waals surface area contributed by atoms with Crippen molar-refractivity contribution in [3.05, 3.63) is 48.6 Å². The molecule has 128 valence electrons. The summed E-state index contributed by atoms with van der Waals surface area (Å²) >= 11 is 0. The Morgan fingerprint density at radius 3 is 2.22 bits per heavy atom. The van der Waals surface area contributed by atoms with E-state index in [1.807, 2.05) is 24.3 Å². The Kier molecular flexibility index (Phi) is 5.78. The fourth-order valence-electron chi connectivity index (χ4n) is 4.00. The van der Waals surface area contributed by atoms with Gasteiger partial charge in [0.2, 0.25) is 0 Å². The maximum atomic E-state index is 5.93. The van der Waals surface area contributed by atoms with Gasteiger partial charge in [0.05, 0.1) is 6.17 Å². The zero-order chi connectivity index (χ0) is 17.1. The lowest BCUT2D eigenvalue weighted by Crippen LogP contribution is -2.52. The lowest BCUT2D eigenvalue weighted by Gasteiger charge is -2.35. The molecule has 0 spiro atoms. The molecule has 1 saturated carbocycles. The Morgan fingerprint density at radius 1 is 1.22 bits per heavy atom. The molecule has 0 amide bonds. The first kappa shape index (κ1) is 18.3. The maximum Gasteiger partial charge on any atom is 0.507 e.